The number of aromatic nitrogens is 2. The molecule has 6 nitrogen and oxygen atoms in total. The second-order valence-electron chi connectivity index (χ2n) is 4.33. The van der Waals surface area contributed by atoms with E-state index in [4.69, 9.17) is 0 Å². The normalized spacial score (nSPS) is 13.7. The molecule has 1 unspecified atom stereocenters. The van der Waals surface area contributed by atoms with Crippen LogP contribution in [0.2, 0.25) is 0 Å². The van der Waals surface area contributed by atoms with Crippen LogP contribution in [0.15, 0.2) is 12.4 Å². The van der Waals surface area contributed by atoms with Gasteiger partial charge in [0.15, 0.2) is 0 Å². The number of rotatable bonds is 8. The van der Waals surface area contributed by atoms with Crippen LogP contribution >= 0.6 is 0 Å². The van der Waals surface area contributed by atoms with E-state index >= 15 is 0 Å². The van der Waals surface area contributed by atoms with Crippen LogP contribution in [0.3, 0.4) is 0 Å². The van der Waals surface area contributed by atoms with Crippen molar-refractivity contribution in [2.24, 2.45) is 0 Å². The molecule has 2 N–H and O–H groups in total. The van der Waals surface area contributed by atoms with Crippen molar-refractivity contribution < 1.29 is 8.42 Å². The lowest BCUT2D eigenvalue weighted by atomic mass is 10.2. The minimum Gasteiger partial charge on any atom is -0.310 e. The number of nitrogens with zero attached hydrogens (tertiary/aromatic N) is 2. The van der Waals surface area contributed by atoms with Crippen molar-refractivity contribution in [2.45, 2.75) is 32.9 Å². The predicted molar refractivity (Wildman–Crippen MR) is 71.8 cm³/mol. The zero-order valence-electron chi connectivity index (χ0n) is 11.2. The molecule has 104 valence electrons. The first-order valence-electron chi connectivity index (χ1n) is 6.12. The monoisotopic (exact) mass is 274 g/mol. The third kappa shape index (κ3) is 5.61. The van der Waals surface area contributed by atoms with E-state index in [1.54, 1.807) is 0 Å². The second kappa shape index (κ2) is 6.86. The number of nitrogens with one attached hydrogen (secondary N) is 2. The molecule has 0 fully saturated rings. The summed E-state index contributed by atoms with van der Waals surface area (Å²) in [6.45, 7) is 6.21. The van der Waals surface area contributed by atoms with E-state index in [2.05, 4.69) is 22.1 Å². The van der Waals surface area contributed by atoms with Gasteiger partial charge in [-0.05, 0) is 26.8 Å². The van der Waals surface area contributed by atoms with Crippen molar-refractivity contribution in [1.82, 2.24) is 19.8 Å². The van der Waals surface area contributed by atoms with Gasteiger partial charge in [0.2, 0.25) is 10.0 Å². The maximum absolute atomic E-state index is 10.8. The van der Waals surface area contributed by atoms with Gasteiger partial charge >= 0.3 is 0 Å². The number of hydrogen-bond acceptors (Lipinski definition) is 4. The zero-order chi connectivity index (χ0) is 13.6. The molecule has 7 heteroatoms. The highest BCUT2D eigenvalue weighted by Gasteiger charge is 2.06. The predicted octanol–water partition coefficient (Wildman–Crippen LogP) is 0.493. The van der Waals surface area contributed by atoms with E-state index in [-0.39, 0.29) is 6.04 Å². The van der Waals surface area contributed by atoms with E-state index < -0.39 is 10.0 Å². The third-order valence-electron chi connectivity index (χ3n) is 2.65. The summed E-state index contributed by atoms with van der Waals surface area (Å²) in [7, 11) is -3.07. The molecule has 1 atom stereocenters. The topological polar surface area (TPSA) is 76.0 Å². The van der Waals surface area contributed by atoms with Gasteiger partial charge in [-0.15, -0.1) is 0 Å². The molecule has 18 heavy (non-hydrogen) atoms. The summed E-state index contributed by atoms with van der Waals surface area (Å²) in [6.07, 6.45) is 5.81. The summed E-state index contributed by atoms with van der Waals surface area (Å²) < 4.78 is 26.0. The molecule has 0 aromatic carbocycles. The lowest BCUT2D eigenvalue weighted by molar-refractivity contribution is 0.547. The average Bonchev–Trinajstić information content (AvgIpc) is 2.75. The molecule has 0 aliphatic carbocycles. The fraction of sp³-hybridized carbons (Fsp3) is 0.727. The average molecular weight is 274 g/mol. The van der Waals surface area contributed by atoms with E-state index in [1.165, 1.54) is 6.26 Å². The maximum Gasteiger partial charge on any atom is 0.208 e. The van der Waals surface area contributed by atoms with Crippen LogP contribution in [0.1, 0.15) is 31.9 Å². The van der Waals surface area contributed by atoms with E-state index in [0.717, 1.165) is 25.1 Å². The Morgan fingerprint density at radius 1 is 1.44 bits per heavy atom. The van der Waals surface area contributed by atoms with Gasteiger partial charge in [-0.25, -0.2) is 13.1 Å². The largest absolute Gasteiger partial charge is 0.310 e. The van der Waals surface area contributed by atoms with Crippen molar-refractivity contribution in [1.29, 1.82) is 0 Å². The quantitative estimate of drug-likeness (QED) is 0.677. The third-order valence-corrected chi connectivity index (χ3v) is 3.37. The van der Waals surface area contributed by atoms with Crippen molar-refractivity contribution >= 4 is 10.0 Å². The van der Waals surface area contributed by atoms with Gasteiger partial charge in [0.05, 0.1) is 12.5 Å². The lowest BCUT2D eigenvalue weighted by Gasteiger charge is -2.11. The smallest absolute Gasteiger partial charge is 0.208 e. The summed E-state index contributed by atoms with van der Waals surface area (Å²) in [4.78, 5) is 0. The van der Waals surface area contributed by atoms with Gasteiger partial charge in [0.25, 0.3) is 0 Å². The molecule has 0 aliphatic rings. The highest BCUT2D eigenvalue weighted by Crippen LogP contribution is 2.10. The van der Waals surface area contributed by atoms with Gasteiger partial charge < -0.3 is 5.32 Å². The molecule has 0 amide bonds. The molecule has 0 radical (unpaired) electrons. The lowest BCUT2D eigenvalue weighted by Crippen LogP contribution is -2.27. The Labute approximate surface area is 109 Å². The molecule has 1 aromatic heterocycles. The summed E-state index contributed by atoms with van der Waals surface area (Å²) in [6, 6.07) is 0.225. The van der Waals surface area contributed by atoms with Crippen LogP contribution in [0.4, 0.5) is 0 Å². The van der Waals surface area contributed by atoms with E-state index in [9.17, 15) is 8.42 Å². The Bertz CT molecular complexity index is 455. The first kappa shape index (κ1) is 15.1. The van der Waals surface area contributed by atoms with E-state index in [0.29, 0.717) is 6.54 Å². The highest BCUT2D eigenvalue weighted by molar-refractivity contribution is 7.88. The molecule has 0 bridgehead atoms. The van der Waals surface area contributed by atoms with Crippen molar-refractivity contribution in [3.8, 4) is 0 Å². The second-order valence-corrected chi connectivity index (χ2v) is 6.16. The molecular weight excluding hydrogens is 252 g/mol. The SMILES string of the molecule is CCn1cc(C(C)NCCCNS(C)(=O)=O)cn1. The highest BCUT2D eigenvalue weighted by atomic mass is 32.2. The van der Waals surface area contributed by atoms with Crippen molar-refractivity contribution in [3.05, 3.63) is 18.0 Å². The van der Waals surface area contributed by atoms with Gasteiger partial charge in [-0.3, -0.25) is 4.68 Å². The molecule has 0 spiro atoms. The molecule has 1 aromatic rings. The standard InChI is InChI=1S/C11H22N4O2S/c1-4-15-9-11(8-13-15)10(2)12-6-5-7-14-18(3,16)17/h8-10,12,14H,4-7H2,1-3H3. The minimum absolute atomic E-state index is 0.225. The first-order chi connectivity index (χ1) is 8.42. The van der Waals surface area contributed by atoms with Gasteiger partial charge in [0.1, 0.15) is 0 Å². The first-order valence-corrected chi connectivity index (χ1v) is 8.02. The van der Waals surface area contributed by atoms with Crippen LogP contribution in [0.5, 0.6) is 0 Å². The molecule has 0 saturated heterocycles. The Hall–Kier alpha value is -0.920. The molecular formula is C11H22N4O2S. The number of aryl methyl sites for hydroxylation is 1. The van der Waals surface area contributed by atoms with Crippen molar-refractivity contribution in [3.63, 3.8) is 0 Å². The van der Waals surface area contributed by atoms with Crippen LogP contribution < -0.4 is 10.0 Å². The Kier molecular flexibility index (Phi) is 5.77. The van der Waals surface area contributed by atoms with E-state index in [1.807, 2.05) is 24.0 Å². The minimum atomic E-state index is -3.07. The fourth-order valence-electron chi connectivity index (χ4n) is 1.56. The molecule has 1 heterocycles. The van der Waals surface area contributed by atoms with Gasteiger partial charge in [-0.2, -0.15) is 5.10 Å². The Morgan fingerprint density at radius 2 is 2.17 bits per heavy atom. The summed E-state index contributed by atoms with van der Waals surface area (Å²) in [5.41, 5.74) is 1.15. The number of sulfonamides is 1. The molecule has 0 saturated carbocycles. The summed E-state index contributed by atoms with van der Waals surface area (Å²) >= 11 is 0. The fourth-order valence-corrected chi connectivity index (χ4v) is 2.07. The van der Waals surface area contributed by atoms with Gasteiger partial charge in [0, 0.05) is 30.9 Å². The zero-order valence-corrected chi connectivity index (χ0v) is 12.0. The Balaban J connectivity index is 2.23. The van der Waals surface area contributed by atoms with Crippen LogP contribution in [-0.4, -0.2) is 37.5 Å². The van der Waals surface area contributed by atoms with Crippen LogP contribution in [0.25, 0.3) is 0 Å². The van der Waals surface area contributed by atoms with Crippen LogP contribution in [-0.2, 0) is 16.6 Å². The van der Waals surface area contributed by atoms with Crippen LogP contribution in [0, 0.1) is 0 Å². The molecule has 1 rings (SSSR count). The maximum atomic E-state index is 10.8. The summed E-state index contributed by atoms with van der Waals surface area (Å²) in [5, 5.41) is 7.55. The van der Waals surface area contributed by atoms with Gasteiger partial charge in [-0.1, -0.05) is 0 Å². The Morgan fingerprint density at radius 3 is 2.72 bits per heavy atom. The molecule has 0 aliphatic heterocycles. The number of hydrogen-bond donors (Lipinski definition) is 2. The summed E-state index contributed by atoms with van der Waals surface area (Å²) in [5.74, 6) is 0. The van der Waals surface area contributed by atoms with Crippen molar-refractivity contribution in [2.75, 3.05) is 19.3 Å².